The lowest BCUT2D eigenvalue weighted by atomic mass is 9.67. The summed E-state index contributed by atoms with van der Waals surface area (Å²) in [5.74, 6) is 0. The summed E-state index contributed by atoms with van der Waals surface area (Å²) in [6.07, 6.45) is 0.884. The molecule has 1 aromatic carbocycles. The molecule has 1 aliphatic rings. The van der Waals surface area contributed by atoms with Gasteiger partial charge in [0.1, 0.15) is 0 Å². The summed E-state index contributed by atoms with van der Waals surface area (Å²) in [7, 11) is 0. The molecule has 0 aromatic heterocycles. The summed E-state index contributed by atoms with van der Waals surface area (Å²) >= 11 is 0. The van der Waals surface area contributed by atoms with Gasteiger partial charge in [-0.3, -0.25) is 0 Å². The Morgan fingerprint density at radius 2 is 2.06 bits per heavy atom. The van der Waals surface area contributed by atoms with Crippen LogP contribution in [0.2, 0.25) is 0 Å². The second-order valence-electron chi connectivity index (χ2n) is 4.76. The van der Waals surface area contributed by atoms with E-state index < -0.39 is 0 Å². The molecule has 16 heavy (non-hydrogen) atoms. The minimum Gasteiger partial charge on any atom is -0.411 e. The zero-order valence-electron chi connectivity index (χ0n) is 9.68. The van der Waals surface area contributed by atoms with Crippen LogP contribution in [-0.2, 0) is 11.3 Å². The Morgan fingerprint density at radius 3 is 2.62 bits per heavy atom. The van der Waals surface area contributed by atoms with E-state index in [9.17, 15) is 0 Å². The minimum atomic E-state index is -0.135. The lowest BCUT2D eigenvalue weighted by Gasteiger charge is -2.44. The van der Waals surface area contributed by atoms with E-state index in [0.29, 0.717) is 6.61 Å². The van der Waals surface area contributed by atoms with Gasteiger partial charge in [-0.15, -0.1) is 0 Å². The van der Waals surface area contributed by atoms with Gasteiger partial charge in [0.2, 0.25) is 0 Å². The van der Waals surface area contributed by atoms with Crippen LogP contribution < -0.4 is 0 Å². The lowest BCUT2D eigenvalue weighted by Crippen LogP contribution is -2.51. The maximum atomic E-state index is 8.76. The minimum absolute atomic E-state index is 0.135. The predicted octanol–water partition coefficient (Wildman–Crippen LogP) is 2.83. The van der Waals surface area contributed by atoms with Gasteiger partial charge in [-0.25, -0.2) is 0 Å². The lowest BCUT2D eigenvalue weighted by molar-refractivity contribution is -0.0323. The van der Waals surface area contributed by atoms with Gasteiger partial charge >= 0.3 is 0 Å². The summed E-state index contributed by atoms with van der Waals surface area (Å²) in [6.45, 7) is 4.70. The Bertz CT molecular complexity index is 384. The summed E-state index contributed by atoms with van der Waals surface area (Å²) < 4.78 is 5.82. The fourth-order valence-corrected chi connectivity index (χ4v) is 1.96. The number of ether oxygens (including phenoxy) is 1. The first kappa shape index (κ1) is 11.1. The largest absolute Gasteiger partial charge is 0.411 e. The van der Waals surface area contributed by atoms with E-state index in [0.717, 1.165) is 12.1 Å². The van der Waals surface area contributed by atoms with Crippen LogP contribution in [0, 0.1) is 5.41 Å². The number of oxime groups is 1. The second-order valence-corrected chi connectivity index (χ2v) is 4.76. The van der Waals surface area contributed by atoms with Crippen molar-refractivity contribution in [3.05, 3.63) is 35.9 Å². The molecule has 0 amide bonds. The van der Waals surface area contributed by atoms with Crippen molar-refractivity contribution < 1.29 is 9.94 Å². The van der Waals surface area contributed by atoms with Crippen LogP contribution in [0.15, 0.2) is 35.5 Å². The van der Waals surface area contributed by atoms with Crippen molar-refractivity contribution in [2.45, 2.75) is 33.0 Å². The molecule has 1 aliphatic carbocycles. The van der Waals surface area contributed by atoms with Crippen LogP contribution in [0.5, 0.6) is 0 Å². The van der Waals surface area contributed by atoms with Gasteiger partial charge < -0.3 is 9.94 Å². The van der Waals surface area contributed by atoms with Gasteiger partial charge in [0.15, 0.2) is 0 Å². The van der Waals surface area contributed by atoms with Crippen molar-refractivity contribution >= 4 is 5.71 Å². The molecule has 0 aliphatic heterocycles. The number of rotatable bonds is 3. The van der Waals surface area contributed by atoms with E-state index in [1.54, 1.807) is 0 Å². The standard InChI is InChI=1S/C13H17NO2/c1-13(2)11(14-15)8-12(13)16-9-10-6-4-3-5-7-10/h3-7,12,15H,8-9H2,1-2H3. The van der Waals surface area contributed by atoms with E-state index in [1.165, 1.54) is 5.56 Å². The van der Waals surface area contributed by atoms with E-state index in [1.807, 2.05) is 44.2 Å². The summed E-state index contributed by atoms with van der Waals surface area (Å²) in [5.41, 5.74) is 1.86. The molecule has 1 aromatic rings. The quantitative estimate of drug-likeness (QED) is 0.627. The molecule has 1 saturated carbocycles. The van der Waals surface area contributed by atoms with Crippen molar-refractivity contribution in [3.63, 3.8) is 0 Å². The SMILES string of the molecule is CC1(C)C(=NO)CC1OCc1ccccc1. The molecule has 0 radical (unpaired) electrons. The molecule has 1 N–H and O–H groups in total. The highest BCUT2D eigenvalue weighted by atomic mass is 16.5. The first-order valence-electron chi connectivity index (χ1n) is 5.51. The molecule has 0 saturated heterocycles. The van der Waals surface area contributed by atoms with Gasteiger partial charge in [0, 0.05) is 11.8 Å². The van der Waals surface area contributed by atoms with Gasteiger partial charge in [-0.1, -0.05) is 49.3 Å². The van der Waals surface area contributed by atoms with Gasteiger partial charge in [0.05, 0.1) is 18.4 Å². The van der Waals surface area contributed by atoms with E-state index >= 15 is 0 Å². The second kappa shape index (κ2) is 4.26. The van der Waals surface area contributed by atoms with E-state index in [4.69, 9.17) is 9.94 Å². The highest BCUT2D eigenvalue weighted by Crippen LogP contribution is 2.40. The Balaban J connectivity index is 1.90. The monoisotopic (exact) mass is 219 g/mol. The fourth-order valence-electron chi connectivity index (χ4n) is 1.96. The van der Waals surface area contributed by atoms with E-state index in [2.05, 4.69) is 5.16 Å². The Hall–Kier alpha value is -1.35. The molecular formula is C13H17NO2. The zero-order chi connectivity index (χ0) is 11.6. The van der Waals surface area contributed by atoms with Gasteiger partial charge in [-0.2, -0.15) is 0 Å². The normalized spacial score (nSPS) is 25.4. The zero-order valence-corrected chi connectivity index (χ0v) is 9.68. The van der Waals surface area contributed by atoms with Crippen molar-refractivity contribution in [1.29, 1.82) is 0 Å². The van der Waals surface area contributed by atoms with Crippen LogP contribution >= 0.6 is 0 Å². The number of benzene rings is 1. The van der Waals surface area contributed by atoms with Crippen molar-refractivity contribution in [2.75, 3.05) is 0 Å². The molecule has 1 atom stereocenters. The number of nitrogens with zero attached hydrogens (tertiary/aromatic N) is 1. The Morgan fingerprint density at radius 1 is 1.38 bits per heavy atom. The average molecular weight is 219 g/mol. The molecule has 0 heterocycles. The molecule has 0 bridgehead atoms. The molecule has 86 valence electrons. The predicted molar refractivity (Wildman–Crippen MR) is 62.6 cm³/mol. The third kappa shape index (κ3) is 1.95. The molecule has 3 heteroatoms. The third-order valence-electron chi connectivity index (χ3n) is 3.34. The van der Waals surface area contributed by atoms with Crippen LogP contribution in [0.1, 0.15) is 25.8 Å². The highest BCUT2D eigenvalue weighted by molar-refractivity contribution is 5.96. The van der Waals surface area contributed by atoms with Crippen LogP contribution in [0.3, 0.4) is 0 Å². The molecule has 0 spiro atoms. The average Bonchev–Trinajstić information content (AvgIpc) is 2.29. The first-order valence-corrected chi connectivity index (χ1v) is 5.51. The van der Waals surface area contributed by atoms with Crippen LogP contribution in [0.25, 0.3) is 0 Å². The number of hydrogen-bond acceptors (Lipinski definition) is 3. The Labute approximate surface area is 95.7 Å². The van der Waals surface area contributed by atoms with Crippen LogP contribution in [-0.4, -0.2) is 17.0 Å². The summed E-state index contributed by atoms with van der Waals surface area (Å²) in [4.78, 5) is 0. The highest BCUT2D eigenvalue weighted by Gasteiger charge is 2.46. The number of hydrogen-bond donors (Lipinski definition) is 1. The van der Waals surface area contributed by atoms with Crippen molar-refractivity contribution in [3.8, 4) is 0 Å². The van der Waals surface area contributed by atoms with E-state index in [-0.39, 0.29) is 11.5 Å². The summed E-state index contributed by atoms with van der Waals surface area (Å²) in [5, 5.41) is 12.0. The molecule has 3 nitrogen and oxygen atoms in total. The summed E-state index contributed by atoms with van der Waals surface area (Å²) in [6, 6.07) is 10.1. The maximum Gasteiger partial charge on any atom is 0.0737 e. The van der Waals surface area contributed by atoms with Crippen molar-refractivity contribution in [1.82, 2.24) is 0 Å². The topological polar surface area (TPSA) is 41.8 Å². The van der Waals surface area contributed by atoms with Gasteiger partial charge in [0.25, 0.3) is 0 Å². The first-order chi connectivity index (χ1) is 7.64. The smallest absolute Gasteiger partial charge is 0.0737 e. The molecular weight excluding hydrogens is 202 g/mol. The van der Waals surface area contributed by atoms with Gasteiger partial charge in [-0.05, 0) is 5.56 Å². The maximum absolute atomic E-state index is 8.76. The van der Waals surface area contributed by atoms with Crippen LogP contribution in [0.4, 0.5) is 0 Å². The molecule has 1 fully saturated rings. The third-order valence-corrected chi connectivity index (χ3v) is 3.34. The Kier molecular flexibility index (Phi) is 2.97. The fraction of sp³-hybridized carbons (Fsp3) is 0.462. The molecule has 2 rings (SSSR count). The molecule has 1 unspecified atom stereocenters. The van der Waals surface area contributed by atoms with Crippen molar-refractivity contribution in [2.24, 2.45) is 10.6 Å².